The van der Waals surface area contributed by atoms with Gasteiger partial charge < -0.3 is 5.32 Å². The van der Waals surface area contributed by atoms with Crippen LogP contribution in [0.1, 0.15) is 15.2 Å². The summed E-state index contributed by atoms with van der Waals surface area (Å²) in [6.07, 6.45) is 5.94. The molecule has 0 aliphatic heterocycles. The van der Waals surface area contributed by atoms with E-state index in [1.807, 2.05) is 17.5 Å². The molecule has 3 rings (SSSR count). The number of rotatable bonds is 5. The third kappa shape index (κ3) is 4.14. The summed E-state index contributed by atoms with van der Waals surface area (Å²) in [6, 6.07) is 10.5. The van der Waals surface area contributed by atoms with Gasteiger partial charge in [-0.05, 0) is 35.7 Å². The van der Waals surface area contributed by atoms with E-state index in [0.717, 1.165) is 4.88 Å². The number of nitrogens with zero attached hydrogens (tertiary/aromatic N) is 3. The topological polar surface area (TPSA) is 88.9 Å². The fraction of sp³-hybridized carbons (Fsp3) is 0. The molecule has 3 aromatic rings. The summed E-state index contributed by atoms with van der Waals surface area (Å²) in [6.45, 7) is 0. The molecule has 0 saturated heterocycles. The molecule has 0 unspecified atom stereocenters. The Hall–Kier alpha value is -3.26. The van der Waals surface area contributed by atoms with Gasteiger partial charge in [0.25, 0.3) is 5.91 Å². The number of anilines is 1. The fourth-order valence-corrected chi connectivity index (χ4v) is 2.52. The van der Waals surface area contributed by atoms with Gasteiger partial charge in [-0.2, -0.15) is 0 Å². The average molecular weight is 339 g/mol. The van der Waals surface area contributed by atoms with E-state index < -0.39 is 0 Å². The second-order valence-electron chi connectivity index (χ2n) is 4.73. The van der Waals surface area contributed by atoms with Crippen molar-refractivity contribution < 1.29 is 9.59 Å². The molecule has 120 valence electrons. The number of benzene rings is 1. The minimum atomic E-state index is -0.333. The summed E-state index contributed by atoms with van der Waals surface area (Å²) < 4.78 is 1.34. The van der Waals surface area contributed by atoms with Gasteiger partial charge in [0, 0.05) is 22.2 Å². The van der Waals surface area contributed by atoms with E-state index in [1.54, 1.807) is 41.7 Å². The van der Waals surface area contributed by atoms with Crippen molar-refractivity contribution >= 4 is 34.9 Å². The summed E-state index contributed by atoms with van der Waals surface area (Å²) in [5.74, 6) is -0.597. The van der Waals surface area contributed by atoms with Crippen molar-refractivity contribution in [1.29, 1.82) is 0 Å². The van der Waals surface area contributed by atoms with Crippen LogP contribution in [0.25, 0.3) is 6.08 Å². The number of hydrogen-bond donors (Lipinski definition) is 2. The van der Waals surface area contributed by atoms with Crippen LogP contribution in [0.15, 0.2) is 60.5 Å². The maximum absolute atomic E-state index is 12.1. The molecule has 2 aromatic heterocycles. The van der Waals surface area contributed by atoms with E-state index in [9.17, 15) is 9.59 Å². The first-order valence-electron chi connectivity index (χ1n) is 6.99. The maximum Gasteiger partial charge on any atom is 0.270 e. The Morgan fingerprint density at radius 1 is 1.12 bits per heavy atom. The zero-order valence-corrected chi connectivity index (χ0v) is 13.2. The van der Waals surface area contributed by atoms with Crippen LogP contribution in [0.2, 0.25) is 0 Å². The molecule has 0 aliphatic carbocycles. The van der Waals surface area contributed by atoms with Gasteiger partial charge in [0.05, 0.1) is 0 Å². The summed E-state index contributed by atoms with van der Waals surface area (Å²) >= 11 is 1.55. The van der Waals surface area contributed by atoms with Crippen molar-refractivity contribution in [3.63, 3.8) is 0 Å². The molecule has 2 amide bonds. The standard InChI is InChI=1S/C16H13N5O2S/c22-15(7-6-14-5-2-8-24-14)19-13-4-1-3-12(9-13)16(23)20-21-10-17-18-11-21/h1-11H,(H,19,22)(H,20,23)/b7-6+. The highest BCUT2D eigenvalue weighted by atomic mass is 32.1. The lowest BCUT2D eigenvalue weighted by atomic mass is 10.2. The van der Waals surface area contributed by atoms with Crippen LogP contribution in [0.3, 0.4) is 0 Å². The highest BCUT2D eigenvalue weighted by molar-refractivity contribution is 7.10. The fourth-order valence-electron chi connectivity index (χ4n) is 1.91. The molecule has 0 aliphatic rings. The SMILES string of the molecule is O=C(/C=C/c1cccs1)Nc1cccc(C(=O)Nn2cnnc2)c1. The average Bonchev–Trinajstić information content (AvgIpc) is 3.27. The van der Waals surface area contributed by atoms with E-state index in [-0.39, 0.29) is 11.8 Å². The molecule has 1 aromatic carbocycles. The number of carbonyl (C=O) groups is 2. The third-order valence-electron chi connectivity index (χ3n) is 2.98. The summed E-state index contributed by atoms with van der Waals surface area (Å²) in [5.41, 5.74) is 3.53. The molecular weight excluding hydrogens is 326 g/mol. The minimum Gasteiger partial charge on any atom is -0.322 e. The van der Waals surface area contributed by atoms with Crippen molar-refractivity contribution in [3.8, 4) is 0 Å². The van der Waals surface area contributed by atoms with Crippen LogP contribution in [-0.4, -0.2) is 26.7 Å². The lowest BCUT2D eigenvalue weighted by Crippen LogP contribution is -2.21. The summed E-state index contributed by atoms with van der Waals surface area (Å²) in [5, 5.41) is 11.9. The molecule has 2 heterocycles. The molecule has 8 heteroatoms. The van der Waals surface area contributed by atoms with Gasteiger partial charge in [-0.15, -0.1) is 21.5 Å². The molecule has 0 saturated carbocycles. The number of hydrogen-bond acceptors (Lipinski definition) is 5. The van der Waals surface area contributed by atoms with Crippen LogP contribution in [-0.2, 0) is 4.79 Å². The Morgan fingerprint density at radius 2 is 1.96 bits per heavy atom. The predicted octanol–water partition coefficient (Wildman–Crippen LogP) is 2.38. The third-order valence-corrected chi connectivity index (χ3v) is 3.82. The first kappa shape index (κ1) is 15.6. The molecular formula is C16H13N5O2S. The van der Waals surface area contributed by atoms with Crippen molar-refractivity contribution in [3.05, 3.63) is 70.9 Å². The highest BCUT2D eigenvalue weighted by Crippen LogP contribution is 2.13. The van der Waals surface area contributed by atoms with E-state index in [0.29, 0.717) is 11.3 Å². The zero-order chi connectivity index (χ0) is 16.8. The van der Waals surface area contributed by atoms with E-state index >= 15 is 0 Å². The molecule has 7 nitrogen and oxygen atoms in total. The molecule has 0 fully saturated rings. The molecule has 0 radical (unpaired) electrons. The summed E-state index contributed by atoms with van der Waals surface area (Å²) in [7, 11) is 0. The Bertz CT molecular complexity index is 856. The number of thiophene rings is 1. The number of nitrogens with one attached hydrogen (secondary N) is 2. The van der Waals surface area contributed by atoms with Crippen LogP contribution >= 0.6 is 11.3 Å². The second kappa shape index (κ2) is 7.34. The van der Waals surface area contributed by atoms with Crippen LogP contribution in [0.4, 0.5) is 5.69 Å². The van der Waals surface area contributed by atoms with Gasteiger partial charge in [0.15, 0.2) is 0 Å². The largest absolute Gasteiger partial charge is 0.322 e. The van der Waals surface area contributed by atoms with Gasteiger partial charge in [-0.1, -0.05) is 12.1 Å². The lowest BCUT2D eigenvalue weighted by Gasteiger charge is -2.07. The van der Waals surface area contributed by atoms with Crippen LogP contribution in [0, 0.1) is 0 Å². The normalized spacial score (nSPS) is 10.7. The molecule has 0 bridgehead atoms. The highest BCUT2D eigenvalue weighted by Gasteiger charge is 2.07. The van der Waals surface area contributed by atoms with E-state index in [2.05, 4.69) is 20.9 Å². The van der Waals surface area contributed by atoms with Crippen molar-refractivity contribution in [2.75, 3.05) is 10.7 Å². The molecule has 0 atom stereocenters. The number of aromatic nitrogens is 3. The van der Waals surface area contributed by atoms with Gasteiger partial charge >= 0.3 is 0 Å². The van der Waals surface area contributed by atoms with E-state index in [1.165, 1.54) is 23.4 Å². The van der Waals surface area contributed by atoms with Crippen molar-refractivity contribution in [2.45, 2.75) is 0 Å². The van der Waals surface area contributed by atoms with Crippen LogP contribution in [0.5, 0.6) is 0 Å². The Morgan fingerprint density at radius 3 is 2.71 bits per heavy atom. The van der Waals surface area contributed by atoms with Gasteiger partial charge in [-0.25, -0.2) is 4.68 Å². The van der Waals surface area contributed by atoms with Gasteiger partial charge in [0.2, 0.25) is 5.91 Å². The number of carbonyl (C=O) groups excluding carboxylic acids is 2. The minimum absolute atomic E-state index is 0.264. The Labute approximate surface area is 141 Å². The predicted molar refractivity (Wildman–Crippen MR) is 92.1 cm³/mol. The van der Waals surface area contributed by atoms with Crippen LogP contribution < -0.4 is 10.7 Å². The monoisotopic (exact) mass is 339 g/mol. The summed E-state index contributed by atoms with van der Waals surface area (Å²) in [4.78, 5) is 25.0. The smallest absolute Gasteiger partial charge is 0.270 e. The Kier molecular flexibility index (Phi) is 4.78. The first-order chi connectivity index (χ1) is 11.7. The van der Waals surface area contributed by atoms with E-state index in [4.69, 9.17) is 0 Å². The van der Waals surface area contributed by atoms with Gasteiger partial charge in [-0.3, -0.25) is 15.0 Å². The maximum atomic E-state index is 12.1. The lowest BCUT2D eigenvalue weighted by molar-refractivity contribution is -0.111. The zero-order valence-electron chi connectivity index (χ0n) is 12.4. The van der Waals surface area contributed by atoms with Gasteiger partial charge in [0.1, 0.15) is 12.7 Å². The Balaban J connectivity index is 1.64. The molecule has 0 spiro atoms. The van der Waals surface area contributed by atoms with Crippen molar-refractivity contribution in [1.82, 2.24) is 14.9 Å². The molecule has 24 heavy (non-hydrogen) atoms. The number of amides is 2. The second-order valence-corrected chi connectivity index (χ2v) is 5.71. The quantitative estimate of drug-likeness (QED) is 0.699. The first-order valence-corrected chi connectivity index (χ1v) is 7.87. The van der Waals surface area contributed by atoms with Crippen molar-refractivity contribution in [2.24, 2.45) is 0 Å². The molecule has 2 N–H and O–H groups in total.